The summed E-state index contributed by atoms with van der Waals surface area (Å²) in [6.45, 7) is 1.86. The molecule has 1 aliphatic heterocycles. The number of fused-ring (bicyclic) bond motifs is 1. The Morgan fingerprint density at radius 2 is 1.87 bits per heavy atom. The number of carbonyl (C=O) groups is 1. The quantitative estimate of drug-likeness (QED) is 0.510. The van der Waals surface area contributed by atoms with E-state index in [0.717, 1.165) is 59.4 Å². The topological polar surface area (TPSA) is 71.3 Å². The number of aryl methyl sites for hydroxylation is 1. The molecule has 1 aliphatic rings. The van der Waals surface area contributed by atoms with E-state index in [1.165, 1.54) is 0 Å². The fraction of sp³-hybridized carbons (Fsp3) is 0.240. The Bertz CT molecular complexity index is 1180. The monoisotopic (exact) mass is 411 g/mol. The summed E-state index contributed by atoms with van der Waals surface area (Å²) in [5.74, 6) is 0.125. The molecule has 6 heteroatoms. The fourth-order valence-electron chi connectivity index (χ4n) is 4.04. The minimum atomic E-state index is 0.125. The number of nitrogens with one attached hydrogen (secondary N) is 2. The van der Waals surface area contributed by atoms with Crippen molar-refractivity contribution in [2.75, 3.05) is 13.1 Å². The molecule has 156 valence electrons. The molecule has 2 N–H and O–H groups in total. The van der Waals surface area contributed by atoms with Gasteiger partial charge >= 0.3 is 0 Å². The van der Waals surface area contributed by atoms with Crippen molar-refractivity contribution in [2.45, 2.75) is 25.3 Å². The lowest BCUT2D eigenvalue weighted by atomic mass is 10.0. The molecule has 5 rings (SSSR count). The third-order valence-corrected chi connectivity index (χ3v) is 5.79. The van der Waals surface area contributed by atoms with Gasteiger partial charge in [0.1, 0.15) is 0 Å². The molecule has 0 aliphatic carbocycles. The number of rotatable bonds is 6. The lowest BCUT2D eigenvalue weighted by molar-refractivity contribution is -0.121. The SMILES string of the molecule is O=C(CCc1ccc(-c2cnc3c(-c4ccccc4)cnn3c2)cc1)NC1CCNC1. The summed E-state index contributed by atoms with van der Waals surface area (Å²) in [5.41, 5.74) is 6.21. The second-order valence-corrected chi connectivity index (χ2v) is 7.99. The third kappa shape index (κ3) is 4.34. The van der Waals surface area contributed by atoms with Crippen molar-refractivity contribution in [2.24, 2.45) is 0 Å². The molecule has 1 atom stereocenters. The zero-order valence-electron chi connectivity index (χ0n) is 17.3. The van der Waals surface area contributed by atoms with Crippen molar-refractivity contribution in [1.29, 1.82) is 0 Å². The summed E-state index contributed by atoms with van der Waals surface area (Å²) < 4.78 is 1.83. The Kier molecular flexibility index (Phi) is 5.46. The normalized spacial score (nSPS) is 15.9. The van der Waals surface area contributed by atoms with Gasteiger partial charge in [0.2, 0.25) is 5.91 Å². The number of benzene rings is 2. The fourth-order valence-corrected chi connectivity index (χ4v) is 4.04. The minimum Gasteiger partial charge on any atom is -0.352 e. The van der Waals surface area contributed by atoms with Crippen molar-refractivity contribution in [3.8, 4) is 22.3 Å². The third-order valence-electron chi connectivity index (χ3n) is 5.79. The van der Waals surface area contributed by atoms with E-state index in [9.17, 15) is 4.79 Å². The van der Waals surface area contributed by atoms with E-state index < -0.39 is 0 Å². The molecule has 1 saturated heterocycles. The van der Waals surface area contributed by atoms with Crippen LogP contribution in [0.25, 0.3) is 27.9 Å². The molecule has 0 saturated carbocycles. The highest BCUT2D eigenvalue weighted by Crippen LogP contribution is 2.25. The van der Waals surface area contributed by atoms with Crippen LogP contribution in [-0.4, -0.2) is 39.6 Å². The van der Waals surface area contributed by atoms with Crippen molar-refractivity contribution < 1.29 is 4.79 Å². The number of hydrogen-bond donors (Lipinski definition) is 2. The number of hydrogen-bond acceptors (Lipinski definition) is 4. The van der Waals surface area contributed by atoms with Crippen LogP contribution in [0.15, 0.2) is 73.2 Å². The van der Waals surface area contributed by atoms with Crippen LogP contribution in [0.4, 0.5) is 0 Å². The smallest absolute Gasteiger partial charge is 0.220 e. The zero-order valence-corrected chi connectivity index (χ0v) is 17.3. The van der Waals surface area contributed by atoms with Gasteiger partial charge in [-0.15, -0.1) is 0 Å². The van der Waals surface area contributed by atoms with Gasteiger partial charge in [0, 0.05) is 42.5 Å². The number of nitrogens with zero attached hydrogens (tertiary/aromatic N) is 3. The Hall–Kier alpha value is -3.51. The summed E-state index contributed by atoms with van der Waals surface area (Å²) in [6, 6.07) is 18.8. The Balaban J connectivity index is 1.26. The van der Waals surface area contributed by atoms with Gasteiger partial charge in [-0.2, -0.15) is 5.10 Å². The van der Waals surface area contributed by atoms with Crippen molar-refractivity contribution in [3.05, 3.63) is 78.8 Å². The van der Waals surface area contributed by atoms with E-state index in [1.807, 2.05) is 41.3 Å². The largest absolute Gasteiger partial charge is 0.352 e. The van der Waals surface area contributed by atoms with Crippen molar-refractivity contribution >= 4 is 11.6 Å². The summed E-state index contributed by atoms with van der Waals surface area (Å²) in [6.07, 6.45) is 8.02. The van der Waals surface area contributed by atoms with E-state index in [2.05, 4.69) is 57.1 Å². The van der Waals surface area contributed by atoms with Gasteiger partial charge in [-0.05, 0) is 36.1 Å². The predicted octanol–water partition coefficient (Wildman–Crippen LogP) is 3.47. The summed E-state index contributed by atoms with van der Waals surface area (Å²) in [5, 5.41) is 10.9. The standard InChI is InChI=1S/C25H25N5O/c31-24(29-22-12-13-26-15-22)11-8-18-6-9-19(10-7-18)21-14-27-25-23(16-28-30(25)17-21)20-4-2-1-3-5-20/h1-7,9-10,14,16-17,22,26H,8,11-13,15H2,(H,29,31). The first kappa shape index (κ1) is 19.5. The van der Waals surface area contributed by atoms with Crippen LogP contribution in [0.1, 0.15) is 18.4 Å². The molecule has 0 spiro atoms. The van der Waals surface area contributed by atoms with Crippen LogP contribution in [0.3, 0.4) is 0 Å². The molecule has 2 aromatic carbocycles. The zero-order chi connectivity index (χ0) is 21.0. The van der Waals surface area contributed by atoms with Crippen LogP contribution in [0.2, 0.25) is 0 Å². The second-order valence-electron chi connectivity index (χ2n) is 7.99. The molecule has 1 amide bonds. The van der Waals surface area contributed by atoms with Gasteiger partial charge in [-0.3, -0.25) is 4.79 Å². The van der Waals surface area contributed by atoms with Crippen molar-refractivity contribution in [1.82, 2.24) is 25.2 Å². The highest BCUT2D eigenvalue weighted by atomic mass is 16.1. The first-order valence-corrected chi connectivity index (χ1v) is 10.7. The number of aromatic nitrogens is 3. The highest BCUT2D eigenvalue weighted by molar-refractivity contribution is 5.78. The second kappa shape index (κ2) is 8.70. The maximum Gasteiger partial charge on any atom is 0.220 e. The highest BCUT2D eigenvalue weighted by Gasteiger charge is 2.16. The van der Waals surface area contributed by atoms with Gasteiger partial charge in [0.25, 0.3) is 0 Å². The molecule has 31 heavy (non-hydrogen) atoms. The molecule has 6 nitrogen and oxygen atoms in total. The first-order chi connectivity index (χ1) is 15.3. The van der Waals surface area contributed by atoms with Crippen molar-refractivity contribution in [3.63, 3.8) is 0 Å². The van der Waals surface area contributed by atoms with Gasteiger partial charge in [-0.1, -0.05) is 54.6 Å². The van der Waals surface area contributed by atoms with Crippen LogP contribution < -0.4 is 10.6 Å². The molecule has 0 bridgehead atoms. The Morgan fingerprint density at radius 1 is 1.03 bits per heavy atom. The lowest BCUT2D eigenvalue weighted by Crippen LogP contribution is -2.36. The summed E-state index contributed by atoms with van der Waals surface area (Å²) in [4.78, 5) is 16.8. The average Bonchev–Trinajstić information content (AvgIpc) is 3.48. The molecule has 2 aromatic heterocycles. The van der Waals surface area contributed by atoms with E-state index in [0.29, 0.717) is 6.42 Å². The minimum absolute atomic E-state index is 0.125. The molecular formula is C25H25N5O. The maximum absolute atomic E-state index is 12.1. The van der Waals surface area contributed by atoms with Crippen LogP contribution in [0, 0.1) is 0 Å². The van der Waals surface area contributed by atoms with Crippen LogP contribution in [-0.2, 0) is 11.2 Å². The van der Waals surface area contributed by atoms with Gasteiger partial charge in [0.05, 0.1) is 6.20 Å². The maximum atomic E-state index is 12.1. The lowest BCUT2D eigenvalue weighted by Gasteiger charge is -2.11. The van der Waals surface area contributed by atoms with Gasteiger partial charge in [-0.25, -0.2) is 9.50 Å². The summed E-state index contributed by atoms with van der Waals surface area (Å²) in [7, 11) is 0. The predicted molar refractivity (Wildman–Crippen MR) is 122 cm³/mol. The van der Waals surface area contributed by atoms with E-state index in [-0.39, 0.29) is 11.9 Å². The molecule has 4 aromatic rings. The van der Waals surface area contributed by atoms with E-state index >= 15 is 0 Å². The number of amides is 1. The molecule has 1 fully saturated rings. The van der Waals surface area contributed by atoms with E-state index in [1.54, 1.807) is 0 Å². The molecule has 0 radical (unpaired) electrons. The Morgan fingerprint density at radius 3 is 2.65 bits per heavy atom. The van der Waals surface area contributed by atoms with E-state index in [4.69, 9.17) is 0 Å². The Labute approximate surface area is 181 Å². The molecular weight excluding hydrogens is 386 g/mol. The molecule has 1 unspecified atom stereocenters. The summed E-state index contributed by atoms with van der Waals surface area (Å²) >= 11 is 0. The number of carbonyl (C=O) groups excluding carboxylic acids is 1. The van der Waals surface area contributed by atoms with Gasteiger partial charge in [0.15, 0.2) is 5.65 Å². The first-order valence-electron chi connectivity index (χ1n) is 10.7. The van der Waals surface area contributed by atoms with Crippen LogP contribution in [0.5, 0.6) is 0 Å². The average molecular weight is 412 g/mol. The van der Waals surface area contributed by atoms with Gasteiger partial charge < -0.3 is 10.6 Å². The van der Waals surface area contributed by atoms with Crippen LogP contribution >= 0.6 is 0 Å². The molecule has 3 heterocycles.